The monoisotopic (exact) mass is 287 g/mol. The van der Waals surface area contributed by atoms with E-state index in [9.17, 15) is 14.6 Å². The summed E-state index contributed by atoms with van der Waals surface area (Å²) in [4.78, 5) is 0. The van der Waals surface area contributed by atoms with Gasteiger partial charge in [-0.15, -0.1) is 0 Å². The summed E-state index contributed by atoms with van der Waals surface area (Å²) in [7, 11) is 0. The van der Waals surface area contributed by atoms with Gasteiger partial charge in [-0.3, -0.25) is 0 Å². The summed E-state index contributed by atoms with van der Waals surface area (Å²) in [5.74, 6) is -0.481. The summed E-state index contributed by atoms with van der Waals surface area (Å²) in [6.45, 7) is 0. The van der Waals surface area contributed by atoms with E-state index in [2.05, 4.69) is 15.9 Å². The molecule has 0 aliphatic rings. The topological polar surface area (TPSA) is 64.2 Å². The molecule has 1 aromatic carbocycles. The highest BCUT2D eigenvalue weighted by molar-refractivity contribution is 9.09. The van der Waals surface area contributed by atoms with Crippen molar-refractivity contribution in [1.29, 1.82) is 5.26 Å². The van der Waals surface area contributed by atoms with Crippen LogP contribution in [0.15, 0.2) is 18.2 Å². The van der Waals surface area contributed by atoms with Crippen LogP contribution in [0.1, 0.15) is 17.2 Å². The van der Waals surface area contributed by atoms with Gasteiger partial charge in [0.25, 0.3) is 0 Å². The van der Waals surface area contributed by atoms with Gasteiger partial charge in [0, 0.05) is 10.9 Å². The third-order valence-electron chi connectivity index (χ3n) is 2.20. The molecular weight excluding hydrogens is 277 g/mol. The lowest BCUT2D eigenvalue weighted by Crippen LogP contribution is -2.19. The van der Waals surface area contributed by atoms with Gasteiger partial charge in [-0.2, -0.15) is 5.26 Å². The van der Waals surface area contributed by atoms with E-state index < -0.39 is 18.0 Å². The molecule has 0 amide bonds. The summed E-state index contributed by atoms with van der Waals surface area (Å²) in [6.07, 6.45) is -2.10. The molecule has 0 bridgehead atoms. The number of aliphatic hydroxyl groups excluding tert-OH is 2. The van der Waals surface area contributed by atoms with Crippen LogP contribution in [-0.4, -0.2) is 21.6 Å². The first-order valence-electron chi connectivity index (χ1n) is 4.67. The van der Waals surface area contributed by atoms with Gasteiger partial charge in [-0.05, 0) is 17.7 Å². The third-order valence-corrected chi connectivity index (χ3v) is 2.87. The van der Waals surface area contributed by atoms with Crippen molar-refractivity contribution >= 4 is 15.9 Å². The van der Waals surface area contributed by atoms with Crippen molar-refractivity contribution in [2.45, 2.75) is 18.6 Å². The lowest BCUT2D eigenvalue weighted by molar-refractivity contribution is 0.0342. The Bertz CT molecular complexity index is 405. The number of halogens is 2. The molecule has 3 nitrogen and oxygen atoms in total. The second kappa shape index (κ2) is 5.94. The molecule has 0 heterocycles. The zero-order valence-electron chi connectivity index (χ0n) is 8.40. The van der Waals surface area contributed by atoms with Gasteiger partial charge in [0.1, 0.15) is 11.9 Å². The maximum absolute atomic E-state index is 13.2. The molecule has 0 fully saturated rings. The van der Waals surface area contributed by atoms with Crippen molar-refractivity contribution in [3.05, 3.63) is 35.1 Å². The summed E-state index contributed by atoms with van der Waals surface area (Å²) in [5, 5.41) is 27.8. The number of hydrogen-bond acceptors (Lipinski definition) is 3. The number of rotatable bonds is 4. The van der Waals surface area contributed by atoms with Crippen LogP contribution >= 0.6 is 15.9 Å². The number of nitrogens with zero attached hydrogens (tertiary/aromatic N) is 1. The Morgan fingerprint density at radius 1 is 1.44 bits per heavy atom. The van der Waals surface area contributed by atoms with Gasteiger partial charge in [0.05, 0.1) is 18.6 Å². The van der Waals surface area contributed by atoms with Crippen LogP contribution in [-0.2, 0) is 6.42 Å². The van der Waals surface area contributed by atoms with E-state index in [0.29, 0.717) is 5.56 Å². The van der Waals surface area contributed by atoms with Gasteiger partial charge in [0.15, 0.2) is 0 Å². The predicted octanol–water partition coefficient (Wildman–Crippen LogP) is 1.68. The second-order valence-corrected chi connectivity index (χ2v) is 4.00. The standard InChI is InChI=1S/C11H11BrFNO2/c12-6-10(15)11(16)8-1-2-9(13)7(5-8)3-4-14/h1-2,5,10-11,15-16H,3,6H2. The second-order valence-electron chi connectivity index (χ2n) is 3.35. The number of aliphatic hydroxyl groups is 2. The molecule has 1 aromatic rings. The highest BCUT2D eigenvalue weighted by Gasteiger charge is 2.18. The fourth-order valence-corrected chi connectivity index (χ4v) is 1.66. The van der Waals surface area contributed by atoms with Crippen LogP contribution in [0, 0.1) is 17.1 Å². The van der Waals surface area contributed by atoms with E-state index in [1.54, 1.807) is 0 Å². The zero-order chi connectivity index (χ0) is 12.1. The number of benzene rings is 1. The largest absolute Gasteiger partial charge is 0.389 e. The summed E-state index contributed by atoms with van der Waals surface area (Å²) in [5.41, 5.74) is 0.624. The lowest BCUT2D eigenvalue weighted by Gasteiger charge is -2.16. The molecule has 0 spiro atoms. The Kier molecular flexibility index (Phi) is 4.87. The molecule has 0 saturated carbocycles. The molecule has 0 aromatic heterocycles. The minimum Gasteiger partial charge on any atom is -0.389 e. The van der Waals surface area contributed by atoms with Crippen molar-refractivity contribution < 1.29 is 14.6 Å². The van der Waals surface area contributed by atoms with E-state index in [1.807, 2.05) is 6.07 Å². The Morgan fingerprint density at radius 2 is 2.12 bits per heavy atom. The number of hydrogen-bond donors (Lipinski definition) is 2. The first kappa shape index (κ1) is 13.1. The van der Waals surface area contributed by atoms with Crippen LogP contribution < -0.4 is 0 Å². The molecular formula is C11H11BrFNO2. The Morgan fingerprint density at radius 3 is 2.69 bits per heavy atom. The zero-order valence-corrected chi connectivity index (χ0v) is 9.98. The highest BCUT2D eigenvalue weighted by Crippen LogP contribution is 2.21. The minimum absolute atomic E-state index is 0.0587. The first-order chi connectivity index (χ1) is 7.60. The van der Waals surface area contributed by atoms with Crippen LogP contribution in [0.5, 0.6) is 0 Å². The van der Waals surface area contributed by atoms with Crippen LogP contribution in [0.4, 0.5) is 4.39 Å². The average molecular weight is 288 g/mol. The van der Waals surface area contributed by atoms with Crippen LogP contribution in [0.25, 0.3) is 0 Å². The van der Waals surface area contributed by atoms with Crippen molar-refractivity contribution in [1.82, 2.24) is 0 Å². The smallest absolute Gasteiger partial charge is 0.127 e. The molecule has 2 unspecified atom stereocenters. The molecule has 0 aliphatic heterocycles. The molecule has 2 N–H and O–H groups in total. The van der Waals surface area contributed by atoms with Crippen molar-refractivity contribution in [2.24, 2.45) is 0 Å². The molecule has 86 valence electrons. The summed E-state index contributed by atoms with van der Waals surface area (Å²) >= 11 is 3.04. The van der Waals surface area contributed by atoms with E-state index in [4.69, 9.17) is 5.26 Å². The molecule has 1 rings (SSSR count). The minimum atomic E-state index is -1.09. The Balaban J connectivity index is 2.98. The molecule has 0 radical (unpaired) electrons. The molecule has 0 saturated heterocycles. The van der Waals surface area contributed by atoms with Gasteiger partial charge in [-0.1, -0.05) is 22.0 Å². The van der Waals surface area contributed by atoms with E-state index in [-0.39, 0.29) is 17.3 Å². The van der Waals surface area contributed by atoms with Crippen LogP contribution in [0.3, 0.4) is 0 Å². The lowest BCUT2D eigenvalue weighted by atomic mass is 10.0. The van der Waals surface area contributed by atoms with Crippen molar-refractivity contribution in [3.63, 3.8) is 0 Å². The van der Waals surface area contributed by atoms with Gasteiger partial charge in [0.2, 0.25) is 0 Å². The Labute approximate surface area is 101 Å². The maximum atomic E-state index is 13.2. The predicted molar refractivity (Wildman–Crippen MR) is 60.5 cm³/mol. The quantitative estimate of drug-likeness (QED) is 0.828. The van der Waals surface area contributed by atoms with Crippen molar-refractivity contribution in [3.8, 4) is 6.07 Å². The Hall–Kier alpha value is -0.960. The van der Waals surface area contributed by atoms with E-state index >= 15 is 0 Å². The summed E-state index contributed by atoms with van der Waals surface area (Å²) in [6, 6.07) is 5.82. The first-order valence-corrected chi connectivity index (χ1v) is 5.79. The van der Waals surface area contributed by atoms with Gasteiger partial charge in [-0.25, -0.2) is 4.39 Å². The normalized spacial score (nSPS) is 14.2. The maximum Gasteiger partial charge on any atom is 0.127 e. The highest BCUT2D eigenvalue weighted by atomic mass is 79.9. The summed E-state index contributed by atoms with van der Waals surface area (Å²) < 4.78 is 13.2. The van der Waals surface area contributed by atoms with Gasteiger partial charge < -0.3 is 10.2 Å². The fourth-order valence-electron chi connectivity index (χ4n) is 1.31. The molecule has 2 atom stereocenters. The molecule has 5 heteroatoms. The third kappa shape index (κ3) is 3.01. The SMILES string of the molecule is N#CCc1cc(C(O)C(O)CBr)ccc1F. The molecule has 0 aliphatic carbocycles. The van der Waals surface area contributed by atoms with Crippen molar-refractivity contribution in [2.75, 3.05) is 5.33 Å². The van der Waals surface area contributed by atoms with E-state index in [0.717, 1.165) is 0 Å². The van der Waals surface area contributed by atoms with Gasteiger partial charge >= 0.3 is 0 Å². The number of nitriles is 1. The molecule has 16 heavy (non-hydrogen) atoms. The average Bonchev–Trinajstić information content (AvgIpc) is 2.30. The fraction of sp³-hybridized carbons (Fsp3) is 0.364. The van der Waals surface area contributed by atoms with E-state index in [1.165, 1.54) is 18.2 Å². The van der Waals surface area contributed by atoms with Crippen LogP contribution in [0.2, 0.25) is 0 Å². The number of alkyl halides is 1.